The van der Waals surface area contributed by atoms with Crippen molar-refractivity contribution in [2.24, 2.45) is 0 Å². The largest absolute Gasteiger partial charge is 0.268 e. The van der Waals surface area contributed by atoms with Gasteiger partial charge in [-0.2, -0.15) is 0 Å². The molecule has 86 valence electrons. The zero-order chi connectivity index (χ0) is 11.1. The third-order valence-corrected chi connectivity index (χ3v) is 3.87. The van der Waals surface area contributed by atoms with E-state index in [4.69, 9.17) is 11.6 Å². The first-order valence-electron chi connectivity index (χ1n) is 5.53. The highest BCUT2D eigenvalue weighted by Gasteiger charge is 2.01. The number of hydrogen-bond acceptors (Lipinski definition) is 2. The molecule has 0 amide bonds. The zero-order valence-corrected chi connectivity index (χ0v) is 10.7. The van der Waals surface area contributed by atoms with E-state index in [2.05, 4.69) is 6.92 Å². The van der Waals surface area contributed by atoms with Gasteiger partial charge in [-0.15, -0.1) is 11.6 Å². The highest BCUT2D eigenvalue weighted by molar-refractivity contribution is 7.04. The third-order valence-electron chi connectivity index (χ3n) is 2.47. The topological polar surface area (TPSA) is 22.0 Å². The van der Waals surface area contributed by atoms with Crippen molar-refractivity contribution in [3.05, 3.63) is 21.8 Å². The molecule has 4 heteroatoms. The van der Waals surface area contributed by atoms with Crippen molar-refractivity contribution in [3.63, 3.8) is 0 Å². The fraction of sp³-hybridized carbons (Fsp3) is 0.727. The van der Waals surface area contributed by atoms with Crippen LogP contribution < -0.4 is 5.56 Å². The molecule has 2 nitrogen and oxygen atoms in total. The Morgan fingerprint density at radius 1 is 1.47 bits per heavy atom. The first-order valence-corrected chi connectivity index (χ1v) is 6.80. The standard InChI is InChI=1S/C11H18ClNOS/c1-2-10(12)6-4-3-5-8-13-11(14)7-9-15-13/h7,9-10H,2-6,8H2,1H3. The molecule has 1 heterocycles. The molecule has 0 aromatic carbocycles. The Hall–Kier alpha value is -0.280. The number of nitrogens with zero attached hydrogens (tertiary/aromatic N) is 1. The summed E-state index contributed by atoms with van der Waals surface area (Å²) in [6.07, 6.45) is 5.55. The summed E-state index contributed by atoms with van der Waals surface area (Å²) in [4.78, 5) is 11.2. The van der Waals surface area contributed by atoms with Gasteiger partial charge in [0.2, 0.25) is 0 Å². The number of aryl methyl sites for hydroxylation is 1. The Balaban J connectivity index is 2.07. The molecule has 15 heavy (non-hydrogen) atoms. The van der Waals surface area contributed by atoms with E-state index in [0.717, 1.165) is 32.2 Å². The Labute approximate surface area is 100 Å². The maximum Gasteiger partial charge on any atom is 0.260 e. The molecule has 1 rings (SSSR count). The molecule has 0 fully saturated rings. The monoisotopic (exact) mass is 247 g/mol. The van der Waals surface area contributed by atoms with Gasteiger partial charge in [0.25, 0.3) is 5.56 Å². The van der Waals surface area contributed by atoms with Crippen LogP contribution in [0.4, 0.5) is 0 Å². The number of hydrogen-bond donors (Lipinski definition) is 0. The maximum atomic E-state index is 11.2. The lowest BCUT2D eigenvalue weighted by Crippen LogP contribution is -2.11. The molecule has 0 N–H and O–H groups in total. The molecule has 1 unspecified atom stereocenters. The molecule has 0 spiro atoms. The Morgan fingerprint density at radius 3 is 2.87 bits per heavy atom. The van der Waals surface area contributed by atoms with Crippen LogP contribution in [0.2, 0.25) is 0 Å². The highest BCUT2D eigenvalue weighted by atomic mass is 35.5. The third kappa shape index (κ3) is 4.85. The van der Waals surface area contributed by atoms with E-state index in [9.17, 15) is 4.79 Å². The fourth-order valence-electron chi connectivity index (χ4n) is 1.46. The van der Waals surface area contributed by atoms with Crippen LogP contribution in [0.1, 0.15) is 39.0 Å². The summed E-state index contributed by atoms with van der Waals surface area (Å²) in [5, 5.41) is 2.17. The van der Waals surface area contributed by atoms with E-state index in [1.54, 1.807) is 10.0 Å². The lowest BCUT2D eigenvalue weighted by atomic mass is 10.1. The van der Waals surface area contributed by atoms with Crippen molar-refractivity contribution in [1.82, 2.24) is 3.96 Å². The molecular formula is C11H18ClNOS. The molecule has 0 bridgehead atoms. The van der Waals surface area contributed by atoms with E-state index in [0.29, 0.717) is 5.38 Å². The van der Waals surface area contributed by atoms with Crippen molar-refractivity contribution in [3.8, 4) is 0 Å². The second kappa shape index (κ2) is 7.07. The highest BCUT2D eigenvalue weighted by Crippen LogP contribution is 2.12. The summed E-state index contributed by atoms with van der Waals surface area (Å²) >= 11 is 7.51. The lowest BCUT2D eigenvalue weighted by Gasteiger charge is -2.05. The van der Waals surface area contributed by atoms with Crippen LogP contribution in [0.5, 0.6) is 0 Å². The van der Waals surface area contributed by atoms with Crippen LogP contribution in [-0.2, 0) is 6.54 Å². The fourth-order valence-corrected chi connectivity index (χ4v) is 2.34. The van der Waals surface area contributed by atoms with Crippen molar-refractivity contribution in [2.75, 3.05) is 0 Å². The van der Waals surface area contributed by atoms with Crippen LogP contribution in [-0.4, -0.2) is 9.33 Å². The molecule has 0 radical (unpaired) electrons. The molecule has 0 aliphatic heterocycles. The number of alkyl halides is 1. The molecule has 0 aliphatic carbocycles. The zero-order valence-electron chi connectivity index (χ0n) is 9.12. The van der Waals surface area contributed by atoms with Crippen molar-refractivity contribution in [2.45, 2.75) is 50.9 Å². The minimum atomic E-state index is 0.128. The molecule has 0 aliphatic rings. The molecule has 0 saturated carbocycles. The summed E-state index contributed by atoms with van der Waals surface area (Å²) in [7, 11) is 0. The maximum absolute atomic E-state index is 11.2. The predicted molar refractivity (Wildman–Crippen MR) is 67.0 cm³/mol. The summed E-state index contributed by atoms with van der Waals surface area (Å²) in [5.41, 5.74) is 0.128. The van der Waals surface area contributed by atoms with E-state index in [1.165, 1.54) is 18.0 Å². The van der Waals surface area contributed by atoms with Gasteiger partial charge < -0.3 is 0 Å². The Morgan fingerprint density at radius 2 is 2.27 bits per heavy atom. The number of aromatic nitrogens is 1. The van der Waals surface area contributed by atoms with Crippen LogP contribution in [0.15, 0.2) is 16.2 Å². The quantitative estimate of drug-likeness (QED) is 0.534. The van der Waals surface area contributed by atoms with Gasteiger partial charge in [-0.25, -0.2) is 0 Å². The van der Waals surface area contributed by atoms with Crippen LogP contribution >= 0.6 is 23.1 Å². The smallest absolute Gasteiger partial charge is 0.260 e. The van der Waals surface area contributed by atoms with Crippen LogP contribution in [0, 0.1) is 0 Å². The van der Waals surface area contributed by atoms with Gasteiger partial charge in [-0.3, -0.25) is 8.75 Å². The molecular weight excluding hydrogens is 230 g/mol. The first-order chi connectivity index (χ1) is 7.24. The molecule has 1 aromatic rings. The van der Waals surface area contributed by atoms with Crippen molar-refractivity contribution in [1.29, 1.82) is 0 Å². The second-order valence-corrected chi connectivity index (χ2v) is 5.24. The molecule has 1 aromatic heterocycles. The molecule has 0 saturated heterocycles. The predicted octanol–water partition coefficient (Wildman–Crippen LogP) is 3.49. The second-order valence-electron chi connectivity index (χ2n) is 3.70. The minimum absolute atomic E-state index is 0.128. The summed E-state index contributed by atoms with van der Waals surface area (Å²) in [6.45, 7) is 2.97. The minimum Gasteiger partial charge on any atom is -0.268 e. The van der Waals surface area contributed by atoms with Crippen molar-refractivity contribution >= 4 is 23.1 Å². The van der Waals surface area contributed by atoms with Crippen LogP contribution in [0.25, 0.3) is 0 Å². The first kappa shape index (κ1) is 12.8. The summed E-state index contributed by atoms with van der Waals surface area (Å²) in [6, 6.07) is 1.62. The Bertz CT molecular complexity index is 320. The van der Waals surface area contributed by atoms with Gasteiger partial charge in [0, 0.05) is 23.4 Å². The summed E-state index contributed by atoms with van der Waals surface area (Å²) < 4.78 is 1.80. The number of rotatable bonds is 7. The van der Waals surface area contributed by atoms with Gasteiger partial charge in [0.15, 0.2) is 0 Å². The molecule has 1 atom stereocenters. The average Bonchev–Trinajstić information content (AvgIpc) is 2.63. The van der Waals surface area contributed by atoms with Gasteiger partial charge in [0.05, 0.1) is 0 Å². The van der Waals surface area contributed by atoms with Crippen molar-refractivity contribution < 1.29 is 0 Å². The lowest BCUT2D eigenvalue weighted by molar-refractivity contribution is 0.572. The normalized spacial score (nSPS) is 12.9. The van der Waals surface area contributed by atoms with Crippen LogP contribution in [0.3, 0.4) is 0 Å². The van der Waals surface area contributed by atoms with E-state index >= 15 is 0 Å². The SMILES string of the molecule is CCC(Cl)CCCCCn1sccc1=O. The summed E-state index contributed by atoms with van der Waals surface area (Å²) in [5.74, 6) is 0. The van der Waals surface area contributed by atoms with E-state index in [-0.39, 0.29) is 5.56 Å². The van der Waals surface area contributed by atoms with Gasteiger partial charge >= 0.3 is 0 Å². The average molecular weight is 248 g/mol. The van der Waals surface area contributed by atoms with Gasteiger partial charge in [-0.05, 0) is 19.3 Å². The number of halogens is 1. The van der Waals surface area contributed by atoms with E-state index in [1.807, 2.05) is 5.38 Å². The Kier molecular flexibility index (Phi) is 6.03. The van der Waals surface area contributed by atoms with E-state index < -0.39 is 0 Å². The number of unbranched alkanes of at least 4 members (excludes halogenated alkanes) is 2. The van der Waals surface area contributed by atoms with Gasteiger partial charge in [0.1, 0.15) is 0 Å². The van der Waals surface area contributed by atoms with Gasteiger partial charge in [-0.1, -0.05) is 31.3 Å².